The maximum atomic E-state index is 5.72. The zero-order chi connectivity index (χ0) is 11.3. The van der Waals surface area contributed by atoms with Crippen LogP contribution < -0.4 is 10.6 Å². The highest BCUT2D eigenvalue weighted by atomic mass is 15.1. The first-order valence-electron chi connectivity index (χ1n) is 5.02. The van der Waals surface area contributed by atoms with Gasteiger partial charge in [-0.2, -0.15) is 0 Å². The van der Waals surface area contributed by atoms with Crippen LogP contribution in [0.2, 0.25) is 0 Å². The minimum absolute atomic E-state index is 0.799. The van der Waals surface area contributed by atoms with E-state index in [1.165, 1.54) is 11.3 Å². The van der Waals surface area contributed by atoms with Gasteiger partial charge in [0.1, 0.15) is 0 Å². The highest BCUT2D eigenvalue weighted by Crippen LogP contribution is 2.22. The number of hydrogen-bond donors (Lipinski definition) is 1. The maximum absolute atomic E-state index is 5.72. The van der Waals surface area contributed by atoms with Gasteiger partial charge in [0.15, 0.2) is 0 Å². The predicted octanol–water partition coefficient (Wildman–Crippen LogP) is 2.76. The molecular weight excluding hydrogens is 184 g/mol. The Bertz CT molecular complexity index is 346. The Morgan fingerprint density at radius 3 is 2.33 bits per heavy atom. The molecule has 0 saturated carbocycles. The van der Waals surface area contributed by atoms with Crippen LogP contribution in [-0.2, 0) is 0 Å². The van der Waals surface area contributed by atoms with Crippen LogP contribution in [0.3, 0.4) is 0 Å². The minimum Gasteiger partial charge on any atom is -0.399 e. The van der Waals surface area contributed by atoms with E-state index in [0.29, 0.717) is 0 Å². The van der Waals surface area contributed by atoms with Crippen LogP contribution in [0, 0.1) is 6.92 Å². The molecular formula is C13H18N2. The molecule has 0 bridgehead atoms. The van der Waals surface area contributed by atoms with E-state index in [2.05, 4.69) is 25.0 Å². The molecule has 0 radical (unpaired) electrons. The van der Waals surface area contributed by atoms with Crippen LogP contribution in [0.1, 0.15) is 5.56 Å². The molecule has 2 N–H and O–H groups in total. The van der Waals surface area contributed by atoms with Crippen LogP contribution in [0.5, 0.6) is 0 Å². The lowest BCUT2D eigenvalue weighted by molar-refractivity contribution is 0.950. The van der Waals surface area contributed by atoms with Gasteiger partial charge in [-0.05, 0) is 30.7 Å². The monoisotopic (exact) mass is 202 g/mol. The molecule has 0 unspecified atom stereocenters. The van der Waals surface area contributed by atoms with Crippen molar-refractivity contribution in [3.63, 3.8) is 0 Å². The molecule has 0 saturated heterocycles. The van der Waals surface area contributed by atoms with Crippen LogP contribution in [0.4, 0.5) is 11.4 Å². The van der Waals surface area contributed by atoms with Crippen molar-refractivity contribution in [3.05, 3.63) is 49.1 Å². The molecule has 0 aliphatic rings. The number of nitrogen functional groups attached to an aromatic ring is 1. The fourth-order valence-electron chi connectivity index (χ4n) is 1.62. The van der Waals surface area contributed by atoms with Crippen molar-refractivity contribution in [3.8, 4) is 0 Å². The molecule has 80 valence electrons. The molecule has 0 atom stereocenters. The van der Waals surface area contributed by atoms with E-state index in [4.69, 9.17) is 5.73 Å². The first kappa shape index (κ1) is 11.4. The summed E-state index contributed by atoms with van der Waals surface area (Å²) in [5.74, 6) is 0. The van der Waals surface area contributed by atoms with Gasteiger partial charge in [0, 0.05) is 24.5 Å². The lowest BCUT2D eigenvalue weighted by Crippen LogP contribution is -2.23. The third-order valence-corrected chi connectivity index (χ3v) is 2.26. The standard InChI is InChI=1S/C13H18N2/c1-4-8-15(9-5-2)13-7-6-12(14)10-11(13)3/h4-7,10H,1-2,8-9,14H2,3H3. The van der Waals surface area contributed by atoms with E-state index in [9.17, 15) is 0 Å². The van der Waals surface area contributed by atoms with Crippen LogP contribution in [-0.4, -0.2) is 13.1 Å². The lowest BCUT2D eigenvalue weighted by atomic mass is 10.1. The van der Waals surface area contributed by atoms with Crippen molar-refractivity contribution >= 4 is 11.4 Å². The molecule has 0 aromatic heterocycles. The average molecular weight is 202 g/mol. The van der Waals surface area contributed by atoms with Gasteiger partial charge in [-0.3, -0.25) is 0 Å². The van der Waals surface area contributed by atoms with Gasteiger partial charge in [0.25, 0.3) is 0 Å². The molecule has 1 aromatic rings. The normalized spacial score (nSPS) is 9.67. The first-order valence-corrected chi connectivity index (χ1v) is 5.02. The molecule has 0 spiro atoms. The largest absolute Gasteiger partial charge is 0.399 e. The number of benzene rings is 1. The second-order valence-corrected chi connectivity index (χ2v) is 3.53. The highest BCUT2D eigenvalue weighted by Gasteiger charge is 2.05. The van der Waals surface area contributed by atoms with Crippen molar-refractivity contribution < 1.29 is 0 Å². The molecule has 1 rings (SSSR count). The fraction of sp³-hybridized carbons (Fsp3) is 0.231. The molecule has 0 fully saturated rings. The molecule has 2 heteroatoms. The molecule has 0 aliphatic heterocycles. The summed E-state index contributed by atoms with van der Waals surface area (Å²) in [7, 11) is 0. The Kier molecular flexibility index (Phi) is 3.98. The topological polar surface area (TPSA) is 29.3 Å². The number of hydrogen-bond acceptors (Lipinski definition) is 2. The van der Waals surface area contributed by atoms with Crippen molar-refractivity contribution in [2.75, 3.05) is 23.7 Å². The van der Waals surface area contributed by atoms with E-state index >= 15 is 0 Å². The van der Waals surface area contributed by atoms with Crippen molar-refractivity contribution in [1.29, 1.82) is 0 Å². The summed E-state index contributed by atoms with van der Waals surface area (Å²) >= 11 is 0. The van der Waals surface area contributed by atoms with Gasteiger partial charge in [-0.1, -0.05) is 12.2 Å². The molecule has 0 heterocycles. The van der Waals surface area contributed by atoms with Crippen LogP contribution in [0.25, 0.3) is 0 Å². The Balaban J connectivity index is 2.98. The molecule has 0 amide bonds. The summed E-state index contributed by atoms with van der Waals surface area (Å²) in [6.07, 6.45) is 3.78. The number of rotatable bonds is 5. The van der Waals surface area contributed by atoms with Gasteiger partial charge in [0.05, 0.1) is 0 Å². The van der Waals surface area contributed by atoms with Crippen molar-refractivity contribution in [2.24, 2.45) is 0 Å². The summed E-state index contributed by atoms with van der Waals surface area (Å²) in [5.41, 5.74) is 8.88. The minimum atomic E-state index is 0.799. The molecule has 0 aliphatic carbocycles. The zero-order valence-electron chi connectivity index (χ0n) is 9.24. The Morgan fingerprint density at radius 1 is 1.27 bits per heavy atom. The SMILES string of the molecule is C=CCN(CC=C)c1ccc(N)cc1C. The third kappa shape index (κ3) is 2.88. The van der Waals surface area contributed by atoms with Gasteiger partial charge in [0.2, 0.25) is 0 Å². The predicted molar refractivity (Wildman–Crippen MR) is 68.2 cm³/mol. The number of anilines is 2. The van der Waals surface area contributed by atoms with Gasteiger partial charge >= 0.3 is 0 Å². The van der Waals surface area contributed by atoms with Gasteiger partial charge < -0.3 is 10.6 Å². The second-order valence-electron chi connectivity index (χ2n) is 3.53. The first-order chi connectivity index (χ1) is 7.19. The molecule has 15 heavy (non-hydrogen) atoms. The Hall–Kier alpha value is -1.70. The lowest BCUT2D eigenvalue weighted by Gasteiger charge is -2.23. The summed E-state index contributed by atoms with van der Waals surface area (Å²) < 4.78 is 0. The van der Waals surface area contributed by atoms with Crippen molar-refractivity contribution in [2.45, 2.75) is 6.92 Å². The van der Waals surface area contributed by atoms with Crippen molar-refractivity contribution in [1.82, 2.24) is 0 Å². The summed E-state index contributed by atoms with van der Waals surface area (Å²) in [6, 6.07) is 5.94. The fourth-order valence-corrected chi connectivity index (χ4v) is 1.62. The zero-order valence-corrected chi connectivity index (χ0v) is 9.24. The van der Waals surface area contributed by atoms with E-state index in [1.807, 2.05) is 30.4 Å². The maximum Gasteiger partial charge on any atom is 0.0403 e. The second kappa shape index (κ2) is 5.25. The molecule has 1 aromatic carbocycles. The quantitative estimate of drug-likeness (QED) is 0.587. The van der Waals surface area contributed by atoms with Crippen LogP contribution >= 0.6 is 0 Å². The highest BCUT2D eigenvalue weighted by molar-refractivity contribution is 5.59. The summed E-state index contributed by atoms with van der Waals surface area (Å²) in [4.78, 5) is 2.20. The van der Waals surface area contributed by atoms with E-state index in [-0.39, 0.29) is 0 Å². The Labute approximate surface area is 91.7 Å². The van der Waals surface area contributed by atoms with E-state index in [1.54, 1.807) is 0 Å². The smallest absolute Gasteiger partial charge is 0.0403 e. The summed E-state index contributed by atoms with van der Waals surface area (Å²) in [6.45, 7) is 11.2. The van der Waals surface area contributed by atoms with Gasteiger partial charge in [-0.15, -0.1) is 13.2 Å². The van der Waals surface area contributed by atoms with E-state index < -0.39 is 0 Å². The number of nitrogens with two attached hydrogens (primary N) is 1. The van der Waals surface area contributed by atoms with Crippen LogP contribution in [0.15, 0.2) is 43.5 Å². The third-order valence-electron chi connectivity index (χ3n) is 2.26. The van der Waals surface area contributed by atoms with Gasteiger partial charge in [-0.25, -0.2) is 0 Å². The average Bonchev–Trinajstić information content (AvgIpc) is 2.17. The van der Waals surface area contributed by atoms with E-state index in [0.717, 1.165) is 18.8 Å². The Morgan fingerprint density at radius 2 is 1.87 bits per heavy atom. The number of aryl methyl sites for hydroxylation is 1. The molecule has 2 nitrogen and oxygen atoms in total. The number of nitrogens with zero attached hydrogens (tertiary/aromatic N) is 1. The summed E-state index contributed by atoms with van der Waals surface area (Å²) in [5, 5.41) is 0.